The molecule has 88 heavy (non-hydrogen) atoms. The molecule has 0 bridgehead atoms. The van der Waals surface area contributed by atoms with Crippen LogP contribution in [0.1, 0.15) is 23.6 Å². The first-order valence-electron chi connectivity index (χ1n) is 30.1. The molecule has 1 atom stereocenters. The predicted molar refractivity (Wildman–Crippen MR) is 365 cm³/mol. The Morgan fingerprint density at radius 1 is 0.295 bits per heavy atom. The van der Waals surface area contributed by atoms with Crippen LogP contribution in [0.2, 0.25) is 0 Å². The standard InChI is InChI=1S/C82H50N6/c1-3-13-65-51(7-1)43-45-83-79(65)63-31-23-55(24-32-63)73-47-71(85-81(87-73)69-41-37-61-29-27-57-9-5-11-59-35-39-67(69)77(61)75(57)59)53-19-15-49(16-20-53)50-17-21-54(22-18-50)72-48-74(56-25-33-64(34-26-56)80-66-14-4-2-8-52(66)44-46-84-80)88-82(86-72)70-42-38-62-30-28-58-10-6-12-60-36-40-68(70)78(62)76(58)60/h1-17,19-48,50H,18H2. The molecule has 1 aliphatic rings. The van der Waals surface area contributed by atoms with Crippen LogP contribution in [-0.2, 0) is 0 Å². The molecule has 6 nitrogen and oxygen atoms in total. The largest absolute Gasteiger partial charge is 0.256 e. The summed E-state index contributed by atoms with van der Waals surface area (Å²) in [4.78, 5) is 31.4. The minimum atomic E-state index is 0.162. The molecular weight excluding hydrogens is 1070 g/mol. The van der Waals surface area contributed by atoms with Gasteiger partial charge >= 0.3 is 0 Å². The van der Waals surface area contributed by atoms with Crippen molar-refractivity contribution in [2.75, 3.05) is 0 Å². The van der Waals surface area contributed by atoms with Gasteiger partial charge < -0.3 is 0 Å². The van der Waals surface area contributed by atoms with E-state index in [1.807, 2.05) is 12.4 Å². The summed E-state index contributed by atoms with van der Waals surface area (Å²) >= 11 is 0. The van der Waals surface area contributed by atoms with Crippen LogP contribution >= 0.6 is 0 Å². The first kappa shape index (κ1) is 49.8. The highest BCUT2D eigenvalue weighted by atomic mass is 14.9. The van der Waals surface area contributed by atoms with Crippen molar-refractivity contribution in [1.82, 2.24) is 29.9 Å². The highest BCUT2D eigenvalue weighted by molar-refractivity contribution is 6.26. The summed E-state index contributed by atoms with van der Waals surface area (Å²) in [7, 11) is 0. The van der Waals surface area contributed by atoms with Crippen molar-refractivity contribution >= 4 is 91.8 Å². The van der Waals surface area contributed by atoms with Crippen molar-refractivity contribution in [2.45, 2.75) is 12.3 Å². The van der Waals surface area contributed by atoms with E-state index in [9.17, 15) is 0 Å². The first-order chi connectivity index (χ1) is 43.6. The van der Waals surface area contributed by atoms with Gasteiger partial charge in [0.15, 0.2) is 11.6 Å². The number of benzene rings is 13. The molecule has 0 aliphatic heterocycles. The van der Waals surface area contributed by atoms with E-state index >= 15 is 0 Å². The van der Waals surface area contributed by atoms with Crippen molar-refractivity contribution in [3.63, 3.8) is 0 Å². The van der Waals surface area contributed by atoms with Crippen LogP contribution in [0.25, 0.3) is 171 Å². The Labute approximate surface area is 506 Å². The average Bonchev–Trinajstić information content (AvgIpc) is 0.831. The van der Waals surface area contributed by atoms with Crippen LogP contribution in [0.5, 0.6) is 0 Å². The third-order valence-corrected chi connectivity index (χ3v) is 18.3. The summed E-state index contributed by atoms with van der Waals surface area (Å²) in [5, 5.41) is 19.2. The van der Waals surface area contributed by atoms with Gasteiger partial charge in [0.05, 0.1) is 34.2 Å². The van der Waals surface area contributed by atoms with E-state index in [2.05, 4.69) is 273 Å². The fraction of sp³-hybridized carbons (Fsp3) is 0.0244. The molecule has 0 saturated heterocycles. The van der Waals surface area contributed by atoms with E-state index in [4.69, 9.17) is 29.9 Å². The van der Waals surface area contributed by atoms with Gasteiger partial charge in [0.1, 0.15) is 0 Å². The lowest BCUT2D eigenvalue weighted by molar-refractivity contribution is 0.856. The molecule has 1 unspecified atom stereocenters. The Hall–Kier alpha value is -11.6. The van der Waals surface area contributed by atoms with Crippen molar-refractivity contribution in [3.05, 3.63) is 297 Å². The zero-order valence-electron chi connectivity index (χ0n) is 47.6. The molecule has 0 N–H and O–H groups in total. The number of rotatable bonds is 9. The summed E-state index contributed by atoms with van der Waals surface area (Å²) in [6.07, 6.45) is 11.5. The zero-order valence-corrected chi connectivity index (χ0v) is 47.6. The average molecular weight is 1120 g/mol. The summed E-state index contributed by atoms with van der Waals surface area (Å²) in [6, 6.07) is 91.4. The van der Waals surface area contributed by atoms with E-state index in [1.54, 1.807) is 0 Å². The number of aromatic nitrogens is 6. The maximum absolute atomic E-state index is 5.45. The SMILES string of the molecule is C1=CC(c2ccc(-c3cc(-c4ccc(-c5nccc6ccccc56)cc4)nc(-c4ccc5ccc6cccc7ccc4c5c67)n3)cc2)CC=C1c1cc(-c2ccc(-c3nccc4ccccc34)cc2)nc(-c2ccc3ccc4cccc5ccc2c3c45)n1. The molecule has 408 valence electrons. The minimum Gasteiger partial charge on any atom is -0.256 e. The fourth-order valence-electron chi connectivity index (χ4n) is 13.8. The number of allylic oxidation sites excluding steroid dienone is 4. The maximum Gasteiger partial charge on any atom is 0.161 e. The Morgan fingerprint density at radius 3 is 1.15 bits per heavy atom. The smallest absolute Gasteiger partial charge is 0.161 e. The van der Waals surface area contributed by atoms with Gasteiger partial charge in [-0.05, 0) is 129 Å². The number of hydrogen-bond donors (Lipinski definition) is 0. The third kappa shape index (κ3) is 8.25. The van der Waals surface area contributed by atoms with Gasteiger partial charge in [-0.3, -0.25) is 9.97 Å². The van der Waals surface area contributed by atoms with Crippen LogP contribution < -0.4 is 0 Å². The summed E-state index contributed by atoms with van der Waals surface area (Å²) in [6.45, 7) is 0. The van der Waals surface area contributed by atoms with E-state index in [1.165, 1.54) is 70.2 Å². The molecule has 1 aliphatic carbocycles. The fourth-order valence-corrected chi connectivity index (χ4v) is 13.8. The quantitative estimate of drug-likeness (QED) is 0.134. The molecule has 0 radical (unpaired) electrons. The molecule has 18 rings (SSSR count). The lowest BCUT2D eigenvalue weighted by Crippen LogP contribution is -2.02. The zero-order chi connectivity index (χ0) is 57.8. The van der Waals surface area contributed by atoms with Gasteiger partial charge in [0, 0.05) is 68.0 Å². The van der Waals surface area contributed by atoms with Crippen LogP contribution in [0.3, 0.4) is 0 Å². The lowest BCUT2D eigenvalue weighted by atomic mass is 9.88. The second-order valence-corrected chi connectivity index (χ2v) is 23.3. The van der Waals surface area contributed by atoms with Gasteiger partial charge in [-0.1, -0.05) is 237 Å². The number of pyridine rings is 2. The van der Waals surface area contributed by atoms with Gasteiger partial charge in [-0.25, -0.2) is 19.9 Å². The van der Waals surface area contributed by atoms with Crippen LogP contribution in [0.4, 0.5) is 0 Å². The predicted octanol–water partition coefficient (Wildman–Crippen LogP) is 21.0. The Morgan fingerprint density at radius 2 is 0.682 bits per heavy atom. The molecular formula is C82H50N6. The van der Waals surface area contributed by atoms with Crippen molar-refractivity contribution < 1.29 is 0 Å². The maximum atomic E-state index is 5.45. The minimum absolute atomic E-state index is 0.162. The van der Waals surface area contributed by atoms with E-state index in [-0.39, 0.29) is 5.92 Å². The first-order valence-corrected chi connectivity index (χ1v) is 30.1. The summed E-state index contributed by atoms with van der Waals surface area (Å²) < 4.78 is 0. The van der Waals surface area contributed by atoms with Gasteiger partial charge in [0.2, 0.25) is 0 Å². The van der Waals surface area contributed by atoms with Crippen molar-refractivity contribution in [2.24, 2.45) is 0 Å². The second kappa shape index (κ2) is 20.0. The van der Waals surface area contributed by atoms with Crippen molar-refractivity contribution in [1.29, 1.82) is 0 Å². The molecule has 0 fully saturated rings. The van der Waals surface area contributed by atoms with E-state index in [0.29, 0.717) is 11.6 Å². The number of fused-ring (bicyclic) bond motifs is 2. The Balaban J connectivity index is 0.697. The number of nitrogens with zero attached hydrogens (tertiary/aromatic N) is 6. The normalized spacial score (nSPS) is 13.5. The van der Waals surface area contributed by atoms with Crippen molar-refractivity contribution in [3.8, 4) is 79.1 Å². The molecule has 6 heteroatoms. The highest BCUT2D eigenvalue weighted by Gasteiger charge is 2.22. The van der Waals surface area contributed by atoms with Crippen LogP contribution in [-0.4, -0.2) is 29.9 Å². The van der Waals surface area contributed by atoms with Crippen LogP contribution in [0, 0.1) is 0 Å². The van der Waals surface area contributed by atoms with E-state index < -0.39 is 0 Å². The monoisotopic (exact) mass is 1120 g/mol. The van der Waals surface area contributed by atoms with E-state index in [0.717, 1.165) is 107 Å². The third-order valence-electron chi connectivity index (χ3n) is 18.3. The Bertz CT molecular complexity index is 5670. The second-order valence-electron chi connectivity index (χ2n) is 23.3. The van der Waals surface area contributed by atoms with Gasteiger partial charge in [-0.15, -0.1) is 0 Å². The molecule has 4 heterocycles. The Kier molecular flexibility index (Phi) is 11.3. The molecule has 17 aromatic rings. The molecule has 0 spiro atoms. The summed E-state index contributed by atoms with van der Waals surface area (Å²) in [5.41, 5.74) is 14.8. The highest BCUT2D eigenvalue weighted by Crippen LogP contribution is 2.43. The molecule has 0 saturated carbocycles. The molecule has 13 aromatic carbocycles. The molecule has 0 amide bonds. The summed E-state index contributed by atoms with van der Waals surface area (Å²) in [5.74, 6) is 1.55. The topological polar surface area (TPSA) is 77.3 Å². The molecule has 4 aromatic heterocycles. The van der Waals surface area contributed by atoms with Gasteiger partial charge in [0.25, 0.3) is 0 Å². The van der Waals surface area contributed by atoms with Crippen LogP contribution in [0.15, 0.2) is 285 Å². The number of hydrogen-bond acceptors (Lipinski definition) is 6. The lowest BCUT2D eigenvalue weighted by Gasteiger charge is -2.18. The van der Waals surface area contributed by atoms with Gasteiger partial charge in [-0.2, -0.15) is 0 Å².